The van der Waals surface area contributed by atoms with E-state index in [1.54, 1.807) is 0 Å². The highest BCUT2D eigenvalue weighted by Crippen LogP contribution is 2.33. The van der Waals surface area contributed by atoms with Crippen LogP contribution in [0.2, 0.25) is 0 Å². The molecule has 1 atom stereocenters. The molecule has 0 aliphatic carbocycles. The Balaban J connectivity index is 2.61. The molecular formula is C14H25BrN2O. The van der Waals surface area contributed by atoms with Gasteiger partial charge in [0.15, 0.2) is 6.10 Å². The molecule has 0 aromatic heterocycles. The third kappa shape index (κ3) is 4.53. The molecule has 0 spiro atoms. The Morgan fingerprint density at radius 3 is 2.56 bits per heavy atom. The van der Waals surface area contributed by atoms with Gasteiger partial charge in [-0.1, -0.05) is 42.6 Å². The Bertz CT molecular complexity index is 271. The smallest absolute Gasteiger partial charge is 0.156 e. The van der Waals surface area contributed by atoms with Gasteiger partial charge in [-0.25, -0.2) is 0 Å². The van der Waals surface area contributed by atoms with Crippen LogP contribution in [0.3, 0.4) is 0 Å². The van der Waals surface area contributed by atoms with E-state index >= 15 is 0 Å². The molecule has 0 radical (unpaired) electrons. The third-order valence-electron chi connectivity index (χ3n) is 3.70. The fourth-order valence-corrected chi connectivity index (χ4v) is 3.66. The minimum atomic E-state index is -0.241. The first-order valence-electron chi connectivity index (χ1n) is 6.99. The predicted molar refractivity (Wildman–Crippen MR) is 77.8 cm³/mol. The minimum absolute atomic E-state index is 0.241. The van der Waals surface area contributed by atoms with E-state index in [4.69, 9.17) is 10.00 Å². The number of hydrogen-bond donors (Lipinski definition) is 0. The highest BCUT2D eigenvalue weighted by atomic mass is 79.9. The largest absolute Gasteiger partial charge is 0.361 e. The second-order valence-electron chi connectivity index (χ2n) is 5.36. The van der Waals surface area contributed by atoms with Crippen molar-refractivity contribution in [3.8, 4) is 6.07 Å². The highest BCUT2D eigenvalue weighted by Gasteiger charge is 2.31. The van der Waals surface area contributed by atoms with Crippen LogP contribution in [0.5, 0.6) is 0 Å². The summed E-state index contributed by atoms with van der Waals surface area (Å²) in [6.45, 7) is 8.00. The third-order valence-corrected chi connectivity index (χ3v) is 4.89. The molecule has 1 aliphatic rings. The van der Waals surface area contributed by atoms with E-state index in [9.17, 15) is 0 Å². The SMILES string of the molecule is CCCC(CBr)(CCC)CN1CCOC(C#N)C1. The van der Waals surface area contributed by atoms with Crippen molar-refractivity contribution in [3.05, 3.63) is 0 Å². The van der Waals surface area contributed by atoms with Crippen molar-refractivity contribution in [2.75, 3.05) is 31.6 Å². The van der Waals surface area contributed by atoms with Gasteiger partial charge in [0.05, 0.1) is 12.7 Å². The lowest BCUT2D eigenvalue weighted by Gasteiger charge is -2.39. The maximum absolute atomic E-state index is 8.96. The monoisotopic (exact) mass is 316 g/mol. The predicted octanol–water partition coefficient (Wildman–Crippen LogP) is 3.19. The van der Waals surface area contributed by atoms with Gasteiger partial charge in [0.2, 0.25) is 0 Å². The van der Waals surface area contributed by atoms with Crippen molar-refractivity contribution >= 4 is 15.9 Å². The standard InChI is InChI=1S/C14H25BrN2O/c1-3-5-14(11-15,6-4-2)12-17-7-8-18-13(9-16)10-17/h13H,3-8,10-12H2,1-2H3. The molecule has 1 fully saturated rings. The molecular weight excluding hydrogens is 292 g/mol. The molecule has 1 aliphatic heterocycles. The van der Waals surface area contributed by atoms with Crippen LogP contribution in [0.15, 0.2) is 0 Å². The Morgan fingerprint density at radius 2 is 2.06 bits per heavy atom. The highest BCUT2D eigenvalue weighted by molar-refractivity contribution is 9.09. The average molecular weight is 317 g/mol. The summed E-state index contributed by atoms with van der Waals surface area (Å²) in [5.74, 6) is 0. The zero-order valence-electron chi connectivity index (χ0n) is 11.6. The quantitative estimate of drug-likeness (QED) is 0.677. The van der Waals surface area contributed by atoms with Crippen LogP contribution >= 0.6 is 15.9 Å². The molecule has 1 unspecified atom stereocenters. The molecule has 3 nitrogen and oxygen atoms in total. The lowest BCUT2D eigenvalue weighted by Crippen LogP contribution is -2.47. The molecule has 18 heavy (non-hydrogen) atoms. The number of rotatable bonds is 7. The molecule has 0 bridgehead atoms. The summed E-state index contributed by atoms with van der Waals surface area (Å²) in [5, 5.41) is 10.0. The van der Waals surface area contributed by atoms with Crippen LogP contribution < -0.4 is 0 Å². The normalized spacial score (nSPS) is 21.8. The molecule has 0 aromatic rings. The van der Waals surface area contributed by atoms with Crippen molar-refractivity contribution in [2.45, 2.75) is 45.6 Å². The number of nitriles is 1. The topological polar surface area (TPSA) is 36.3 Å². The van der Waals surface area contributed by atoms with Crippen molar-refractivity contribution < 1.29 is 4.74 Å². The summed E-state index contributed by atoms with van der Waals surface area (Å²) < 4.78 is 5.41. The average Bonchev–Trinajstić information content (AvgIpc) is 2.39. The van der Waals surface area contributed by atoms with Gasteiger partial charge < -0.3 is 4.74 Å². The molecule has 4 heteroatoms. The fourth-order valence-electron chi connectivity index (χ4n) is 2.92. The van der Waals surface area contributed by atoms with Crippen LogP contribution in [0.1, 0.15) is 39.5 Å². The first-order valence-corrected chi connectivity index (χ1v) is 8.11. The first kappa shape index (κ1) is 15.9. The van der Waals surface area contributed by atoms with E-state index < -0.39 is 0 Å². The Kier molecular flexibility index (Phi) is 7.21. The number of morpholine rings is 1. The number of nitrogens with zero attached hydrogens (tertiary/aromatic N) is 2. The maximum atomic E-state index is 8.96. The van der Waals surface area contributed by atoms with Gasteiger partial charge in [0.25, 0.3) is 0 Å². The van der Waals surface area contributed by atoms with Crippen LogP contribution in [0.25, 0.3) is 0 Å². The van der Waals surface area contributed by atoms with Gasteiger partial charge in [0, 0.05) is 25.0 Å². The zero-order chi connectivity index (χ0) is 13.4. The van der Waals surface area contributed by atoms with Gasteiger partial charge in [-0.2, -0.15) is 5.26 Å². The minimum Gasteiger partial charge on any atom is -0.361 e. The van der Waals surface area contributed by atoms with E-state index in [1.165, 1.54) is 25.7 Å². The van der Waals surface area contributed by atoms with Gasteiger partial charge >= 0.3 is 0 Å². The lowest BCUT2D eigenvalue weighted by atomic mass is 9.80. The van der Waals surface area contributed by atoms with E-state index in [2.05, 4.69) is 40.7 Å². The van der Waals surface area contributed by atoms with Gasteiger partial charge in [-0.3, -0.25) is 4.90 Å². The fraction of sp³-hybridized carbons (Fsp3) is 0.929. The molecule has 0 saturated carbocycles. The van der Waals surface area contributed by atoms with Gasteiger partial charge in [-0.15, -0.1) is 0 Å². The molecule has 104 valence electrons. The number of hydrogen-bond acceptors (Lipinski definition) is 3. The molecule has 1 rings (SSSR count). The Morgan fingerprint density at radius 1 is 1.39 bits per heavy atom. The van der Waals surface area contributed by atoms with Gasteiger partial charge in [0.1, 0.15) is 0 Å². The van der Waals surface area contributed by atoms with E-state index in [0.717, 1.165) is 25.0 Å². The molecule has 0 N–H and O–H groups in total. The first-order chi connectivity index (χ1) is 8.69. The lowest BCUT2D eigenvalue weighted by molar-refractivity contribution is -0.0155. The second kappa shape index (κ2) is 8.14. The van der Waals surface area contributed by atoms with Crippen LogP contribution in [0.4, 0.5) is 0 Å². The van der Waals surface area contributed by atoms with Crippen molar-refractivity contribution in [3.63, 3.8) is 0 Å². The summed E-state index contributed by atoms with van der Waals surface area (Å²) in [5.41, 5.74) is 0.362. The summed E-state index contributed by atoms with van der Waals surface area (Å²) >= 11 is 3.71. The molecule has 1 saturated heterocycles. The Labute approximate surface area is 120 Å². The van der Waals surface area contributed by atoms with Crippen molar-refractivity contribution in [1.29, 1.82) is 5.26 Å². The summed E-state index contributed by atoms with van der Waals surface area (Å²) in [6.07, 6.45) is 4.70. The Hall–Kier alpha value is -0.110. The van der Waals surface area contributed by atoms with Gasteiger partial charge in [-0.05, 0) is 18.3 Å². The molecule has 1 heterocycles. The van der Waals surface area contributed by atoms with Crippen molar-refractivity contribution in [2.24, 2.45) is 5.41 Å². The van der Waals surface area contributed by atoms with Crippen molar-refractivity contribution in [1.82, 2.24) is 4.90 Å². The maximum Gasteiger partial charge on any atom is 0.156 e. The number of ether oxygens (including phenoxy) is 1. The zero-order valence-corrected chi connectivity index (χ0v) is 13.2. The van der Waals surface area contributed by atoms with E-state index in [1.807, 2.05) is 0 Å². The molecule has 0 aromatic carbocycles. The van der Waals surface area contributed by atoms with E-state index in [0.29, 0.717) is 12.0 Å². The van der Waals surface area contributed by atoms with Crippen LogP contribution in [0, 0.1) is 16.7 Å². The summed E-state index contributed by atoms with van der Waals surface area (Å²) in [4.78, 5) is 2.41. The number of alkyl halides is 1. The number of halogens is 1. The van der Waals surface area contributed by atoms with Crippen LogP contribution in [-0.2, 0) is 4.74 Å². The second-order valence-corrected chi connectivity index (χ2v) is 5.92. The van der Waals surface area contributed by atoms with Crippen LogP contribution in [-0.4, -0.2) is 42.6 Å². The summed E-state index contributed by atoms with van der Waals surface area (Å²) in [6, 6.07) is 2.23. The van der Waals surface area contributed by atoms with E-state index in [-0.39, 0.29) is 6.10 Å². The summed E-state index contributed by atoms with van der Waals surface area (Å²) in [7, 11) is 0. The molecule has 0 amide bonds.